The fourth-order valence-electron chi connectivity index (χ4n) is 3.99. The summed E-state index contributed by atoms with van der Waals surface area (Å²) in [4.78, 5) is 15.0. The molecule has 4 rings (SSSR count). The van der Waals surface area contributed by atoms with Crippen molar-refractivity contribution in [3.8, 4) is 0 Å². The monoisotopic (exact) mass is 495 g/mol. The quantitative estimate of drug-likeness (QED) is 0.522. The van der Waals surface area contributed by atoms with E-state index in [0.29, 0.717) is 12.2 Å². The van der Waals surface area contributed by atoms with Crippen LogP contribution in [0.1, 0.15) is 24.8 Å². The molecule has 2 aromatic rings. The lowest BCUT2D eigenvalue weighted by molar-refractivity contribution is -0.123. The molecule has 178 valence electrons. The fraction of sp³-hybridized carbons (Fsp3) is 0.435. The molecule has 0 unspecified atom stereocenters. The van der Waals surface area contributed by atoms with Crippen LogP contribution in [0.4, 0.5) is 10.1 Å². The summed E-state index contributed by atoms with van der Waals surface area (Å²) in [5, 5.41) is 2.79. The van der Waals surface area contributed by atoms with Gasteiger partial charge in [0.05, 0.1) is 28.5 Å². The first-order valence-electron chi connectivity index (χ1n) is 11.0. The van der Waals surface area contributed by atoms with E-state index in [4.69, 9.17) is 16.3 Å². The Labute approximate surface area is 198 Å². The summed E-state index contributed by atoms with van der Waals surface area (Å²) in [7, 11) is -3.92. The number of ether oxygens (including phenoxy) is 1. The van der Waals surface area contributed by atoms with Gasteiger partial charge in [-0.15, -0.1) is 0 Å². The van der Waals surface area contributed by atoms with Crippen LogP contribution in [0.2, 0.25) is 5.02 Å². The van der Waals surface area contributed by atoms with E-state index in [1.54, 1.807) is 24.3 Å². The number of carbonyl (C=O) groups is 1. The Morgan fingerprint density at radius 3 is 2.45 bits per heavy atom. The van der Waals surface area contributed by atoms with Gasteiger partial charge in [0.25, 0.3) is 10.0 Å². The lowest BCUT2D eigenvalue weighted by Crippen LogP contribution is -2.39. The molecule has 0 bridgehead atoms. The van der Waals surface area contributed by atoms with Gasteiger partial charge in [-0.25, -0.2) is 12.8 Å². The van der Waals surface area contributed by atoms with Gasteiger partial charge < -0.3 is 10.1 Å². The SMILES string of the molecule is O=C(NCCCN1CCOCC1)C1(c2ccc(NS(=O)(=O)c3ccc(F)c(Cl)c3)cc2)CC1. The highest BCUT2D eigenvalue weighted by Gasteiger charge is 2.51. The minimum absolute atomic E-state index is 0.0127. The van der Waals surface area contributed by atoms with Gasteiger partial charge in [-0.2, -0.15) is 0 Å². The number of sulfonamides is 1. The third-order valence-corrected chi connectivity index (χ3v) is 7.78. The molecule has 2 N–H and O–H groups in total. The Balaban J connectivity index is 1.33. The predicted molar refractivity (Wildman–Crippen MR) is 124 cm³/mol. The van der Waals surface area contributed by atoms with Crippen molar-refractivity contribution in [2.75, 3.05) is 44.1 Å². The van der Waals surface area contributed by atoms with E-state index in [-0.39, 0.29) is 15.8 Å². The number of nitrogens with one attached hydrogen (secondary N) is 2. The predicted octanol–water partition coefficient (Wildman–Crippen LogP) is 3.15. The third-order valence-electron chi connectivity index (χ3n) is 6.12. The summed E-state index contributed by atoms with van der Waals surface area (Å²) in [6, 6.07) is 10.0. The van der Waals surface area contributed by atoms with Gasteiger partial charge in [0.1, 0.15) is 5.82 Å². The Bertz CT molecular complexity index is 1100. The van der Waals surface area contributed by atoms with Crippen molar-refractivity contribution in [2.45, 2.75) is 29.6 Å². The first kappa shape index (κ1) is 23.9. The van der Waals surface area contributed by atoms with Crippen LogP contribution in [-0.2, 0) is 25.0 Å². The van der Waals surface area contributed by atoms with E-state index in [9.17, 15) is 17.6 Å². The van der Waals surface area contributed by atoms with Gasteiger partial charge >= 0.3 is 0 Å². The lowest BCUT2D eigenvalue weighted by Gasteiger charge is -2.26. The van der Waals surface area contributed by atoms with Crippen LogP contribution in [0.15, 0.2) is 47.4 Å². The molecular weight excluding hydrogens is 469 g/mol. The molecule has 0 aromatic heterocycles. The first-order valence-corrected chi connectivity index (χ1v) is 12.8. The zero-order valence-electron chi connectivity index (χ0n) is 18.1. The molecule has 2 aliphatic rings. The average molecular weight is 496 g/mol. The van der Waals surface area contributed by atoms with Crippen LogP contribution in [0, 0.1) is 5.82 Å². The largest absolute Gasteiger partial charge is 0.379 e. The van der Waals surface area contributed by atoms with Crippen LogP contribution >= 0.6 is 11.6 Å². The van der Waals surface area contributed by atoms with E-state index < -0.39 is 21.3 Å². The van der Waals surface area contributed by atoms with Crippen LogP contribution in [0.25, 0.3) is 0 Å². The zero-order chi connectivity index (χ0) is 23.5. The topological polar surface area (TPSA) is 87.7 Å². The van der Waals surface area contributed by atoms with E-state index >= 15 is 0 Å². The van der Waals surface area contributed by atoms with E-state index in [0.717, 1.165) is 75.9 Å². The second-order valence-corrected chi connectivity index (χ2v) is 10.5. The highest BCUT2D eigenvalue weighted by Crippen LogP contribution is 2.48. The molecule has 2 fully saturated rings. The van der Waals surface area contributed by atoms with Crippen molar-refractivity contribution in [3.05, 3.63) is 58.9 Å². The summed E-state index contributed by atoms with van der Waals surface area (Å²) < 4.78 is 46.3. The molecule has 0 atom stereocenters. The number of amides is 1. The molecular formula is C23H27ClFN3O4S. The molecule has 0 spiro atoms. The third kappa shape index (κ3) is 5.66. The van der Waals surface area contributed by atoms with Crippen LogP contribution in [-0.4, -0.2) is 58.6 Å². The molecule has 1 saturated carbocycles. The van der Waals surface area contributed by atoms with Crippen molar-refractivity contribution in [1.29, 1.82) is 0 Å². The first-order chi connectivity index (χ1) is 15.8. The number of hydrogen-bond donors (Lipinski definition) is 2. The van der Waals surface area contributed by atoms with Crippen LogP contribution < -0.4 is 10.0 Å². The van der Waals surface area contributed by atoms with Gasteiger partial charge in [-0.3, -0.25) is 14.4 Å². The van der Waals surface area contributed by atoms with E-state index in [1.807, 2.05) is 0 Å². The highest BCUT2D eigenvalue weighted by molar-refractivity contribution is 7.92. The minimum atomic E-state index is -3.92. The van der Waals surface area contributed by atoms with Crippen LogP contribution in [0.5, 0.6) is 0 Å². The lowest BCUT2D eigenvalue weighted by atomic mass is 9.95. The van der Waals surface area contributed by atoms with Gasteiger partial charge in [0, 0.05) is 25.3 Å². The Hall–Kier alpha value is -2.20. The van der Waals surface area contributed by atoms with Crippen molar-refractivity contribution in [3.63, 3.8) is 0 Å². The number of morpholine rings is 1. The molecule has 0 radical (unpaired) electrons. The van der Waals surface area contributed by atoms with Gasteiger partial charge in [0.15, 0.2) is 0 Å². The summed E-state index contributed by atoms with van der Waals surface area (Å²) in [5.74, 6) is -0.673. The van der Waals surface area contributed by atoms with E-state index in [1.165, 1.54) is 0 Å². The molecule has 1 saturated heterocycles. The number of halogens is 2. The zero-order valence-corrected chi connectivity index (χ0v) is 19.7. The smallest absolute Gasteiger partial charge is 0.261 e. The van der Waals surface area contributed by atoms with Crippen molar-refractivity contribution >= 4 is 33.2 Å². The maximum absolute atomic E-state index is 13.3. The summed E-state index contributed by atoms with van der Waals surface area (Å²) in [6.07, 6.45) is 2.42. The summed E-state index contributed by atoms with van der Waals surface area (Å²) >= 11 is 5.70. The summed E-state index contributed by atoms with van der Waals surface area (Å²) in [5.41, 5.74) is 0.669. The van der Waals surface area contributed by atoms with Gasteiger partial charge in [-0.05, 0) is 61.7 Å². The molecule has 1 aliphatic carbocycles. The Morgan fingerprint density at radius 2 is 1.82 bits per heavy atom. The van der Waals surface area contributed by atoms with Crippen LogP contribution in [0.3, 0.4) is 0 Å². The number of hydrogen-bond acceptors (Lipinski definition) is 5. The average Bonchev–Trinajstić information content (AvgIpc) is 3.61. The second-order valence-electron chi connectivity index (χ2n) is 8.40. The number of anilines is 1. The maximum Gasteiger partial charge on any atom is 0.261 e. The molecule has 2 aromatic carbocycles. The molecule has 1 aliphatic heterocycles. The van der Waals surface area contributed by atoms with Crippen molar-refractivity contribution < 1.29 is 22.3 Å². The number of rotatable bonds is 9. The molecule has 7 nitrogen and oxygen atoms in total. The molecule has 33 heavy (non-hydrogen) atoms. The summed E-state index contributed by atoms with van der Waals surface area (Å²) in [6.45, 7) is 4.95. The molecule has 1 heterocycles. The van der Waals surface area contributed by atoms with Gasteiger partial charge in [-0.1, -0.05) is 23.7 Å². The van der Waals surface area contributed by atoms with Crippen molar-refractivity contribution in [1.82, 2.24) is 10.2 Å². The maximum atomic E-state index is 13.3. The minimum Gasteiger partial charge on any atom is -0.379 e. The number of nitrogens with zero attached hydrogens (tertiary/aromatic N) is 1. The molecule has 10 heteroatoms. The fourth-order valence-corrected chi connectivity index (χ4v) is 5.32. The number of benzene rings is 2. The highest BCUT2D eigenvalue weighted by atomic mass is 35.5. The standard InChI is InChI=1S/C23H27ClFN3O4S/c24-20-16-19(6-7-21(20)25)33(30,31)27-18-4-2-17(3-5-18)23(8-9-23)22(29)26-10-1-11-28-12-14-32-15-13-28/h2-7,16,27H,1,8-15H2,(H,26,29). The van der Waals surface area contributed by atoms with E-state index in [2.05, 4.69) is 14.9 Å². The Morgan fingerprint density at radius 1 is 1.12 bits per heavy atom. The molecule has 1 amide bonds. The normalized spacial score (nSPS) is 18.0. The Kier molecular flexibility index (Phi) is 7.23. The number of carbonyl (C=O) groups excluding carboxylic acids is 1. The van der Waals surface area contributed by atoms with Gasteiger partial charge in [0.2, 0.25) is 5.91 Å². The second kappa shape index (κ2) is 9.97. The van der Waals surface area contributed by atoms with Crippen molar-refractivity contribution in [2.24, 2.45) is 0 Å².